The van der Waals surface area contributed by atoms with Gasteiger partial charge in [0.05, 0.1) is 12.9 Å². The summed E-state index contributed by atoms with van der Waals surface area (Å²) < 4.78 is 22.1. The van der Waals surface area contributed by atoms with Crippen molar-refractivity contribution >= 4 is 20.1 Å². The molecule has 0 fully saturated rings. The zero-order valence-corrected chi connectivity index (χ0v) is 16.2. The standard InChI is InChI=1S/C17H26O6Si/c1-20-15(19)16-10-9-14(18)17(21-2,22-3)13(16)8-7-12(11-16)23-24(4,5)6/h7,9-10,13H,8,11H2,1-6H3/t13-,16-/m1/s1. The van der Waals surface area contributed by atoms with Crippen molar-refractivity contribution in [2.75, 3.05) is 21.3 Å². The van der Waals surface area contributed by atoms with Crippen molar-refractivity contribution in [2.24, 2.45) is 11.3 Å². The number of esters is 1. The molecule has 0 aliphatic heterocycles. The maximum absolute atomic E-state index is 12.7. The smallest absolute Gasteiger partial charge is 0.316 e. The summed E-state index contributed by atoms with van der Waals surface area (Å²) in [5.41, 5.74) is -1.04. The third-order valence-electron chi connectivity index (χ3n) is 4.61. The molecule has 2 rings (SSSR count). The number of hydrogen-bond acceptors (Lipinski definition) is 6. The molecule has 0 amide bonds. The summed E-state index contributed by atoms with van der Waals surface area (Å²) in [5, 5.41) is 0. The van der Waals surface area contributed by atoms with Gasteiger partial charge in [-0.25, -0.2) is 0 Å². The van der Waals surface area contributed by atoms with Crippen LogP contribution in [0.1, 0.15) is 12.8 Å². The summed E-state index contributed by atoms with van der Waals surface area (Å²) in [6.07, 6.45) is 5.67. The maximum Gasteiger partial charge on any atom is 0.316 e. The molecule has 0 saturated heterocycles. The molecule has 0 N–H and O–H groups in total. The van der Waals surface area contributed by atoms with Crippen molar-refractivity contribution in [1.82, 2.24) is 0 Å². The van der Waals surface area contributed by atoms with Gasteiger partial charge in [-0.15, -0.1) is 0 Å². The van der Waals surface area contributed by atoms with Crippen molar-refractivity contribution in [3.63, 3.8) is 0 Å². The number of methoxy groups -OCH3 is 3. The van der Waals surface area contributed by atoms with Crippen LogP contribution >= 0.6 is 0 Å². The van der Waals surface area contributed by atoms with Gasteiger partial charge < -0.3 is 18.6 Å². The predicted octanol–water partition coefficient (Wildman–Crippen LogP) is 2.42. The summed E-state index contributed by atoms with van der Waals surface area (Å²) in [6.45, 7) is 6.25. The van der Waals surface area contributed by atoms with Gasteiger partial charge in [-0.1, -0.05) is 6.08 Å². The van der Waals surface area contributed by atoms with Crippen molar-refractivity contribution in [2.45, 2.75) is 38.3 Å². The van der Waals surface area contributed by atoms with Crippen LogP contribution < -0.4 is 0 Å². The third-order valence-corrected chi connectivity index (χ3v) is 5.49. The van der Waals surface area contributed by atoms with Crippen molar-refractivity contribution in [3.05, 3.63) is 24.0 Å². The van der Waals surface area contributed by atoms with E-state index in [1.165, 1.54) is 27.4 Å². The van der Waals surface area contributed by atoms with Gasteiger partial charge in [0.1, 0.15) is 5.41 Å². The van der Waals surface area contributed by atoms with Gasteiger partial charge in [0.25, 0.3) is 0 Å². The van der Waals surface area contributed by atoms with Crippen LogP contribution in [-0.2, 0) is 28.2 Å². The summed E-state index contributed by atoms with van der Waals surface area (Å²) in [5.74, 6) is -1.97. The van der Waals surface area contributed by atoms with Gasteiger partial charge in [-0.3, -0.25) is 9.59 Å². The van der Waals surface area contributed by atoms with E-state index in [9.17, 15) is 9.59 Å². The van der Waals surface area contributed by atoms with Crippen molar-refractivity contribution < 1.29 is 28.2 Å². The third kappa shape index (κ3) is 2.96. The normalized spacial score (nSPS) is 28.8. The van der Waals surface area contributed by atoms with E-state index in [0.29, 0.717) is 12.8 Å². The van der Waals surface area contributed by atoms with E-state index in [4.69, 9.17) is 18.6 Å². The second kappa shape index (κ2) is 6.46. The molecular weight excluding hydrogens is 328 g/mol. The molecule has 134 valence electrons. The monoisotopic (exact) mass is 354 g/mol. The molecule has 7 heteroatoms. The largest absolute Gasteiger partial charge is 0.548 e. The highest BCUT2D eigenvalue weighted by molar-refractivity contribution is 6.70. The topological polar surface area (TPSA) is 71.1 Å². The Bertz CT molecular complexity index is 584. The summed E-state index contributed by atoms with van der Waals surface area (Å²) in [7, 11) is 2.36. The number of rotatable bonds is 5. The maximum atomic E-state index is 12.7. The Morgan fingerprint density at radius 1 is 1.21 bits per heavy atom. The lowest BCUT2D eigenvalue weighted by atomic mass is 9.61. The molecule has 0 heterocycles. The molecule has 0 radical (unpaired) electrons. The number of carbonyl (C=O) groups excluding carboxylic acids is 2. The lowest BCUT2D eigenvalue weighted by Gasteiger charge is -2.49. The van der Waals surface area contributed by atoms with Crippen LogP contribution in [0, 0.1) is 11.3 Å². The van der Waals surface area contributed by atoms with Gasteiger partial charge >= 0.3 is 5.97 Å². The second-order valence-corrected chi connectivity index (χ2v) is 11.6. The zero-order valence-electron chi connectivity index (χ0n) is 15.2. The lowest BCUT2D eigenvalue weighted by Crippen LogP contribution is -2.60. The molecule has 6 nitrogen and oxygen atoms in total. The number of ether oxygens (including phenoxy) is 3. The Morgan fingerprint density at radius 2 is 1.83 bits per heavy atom. The van der Waals surface area contributed by atoms with E-state index >= 15 is 0 Å². The SMILES string of the molecule is COC(=O)[C@@]12C=CC(=O)C(OC)(OC)[C@@H]1CC=C(O[Si](C)(C)C)C2. The first-order valence-electron chi connectivity index (χ1n) is 7.95. The van der Waals surface area contributed by atoms with Crippen LogP contribution in [0.4, 0.5) is 0 Å². The molecular formula is C17H26O6Si. The first-order valence-corrected chi connectivity index (χ1v) is 11.4. The quantitative estimate of drug-likeness (QED) is 0.429. The molecule has 0 unspecified atom stereocenters. The molecule has 2 aliphatic carbocycles. The van der Waals surface area contributed by atoms with Crippen LogP contribution in [0.2, 0.25) is 19.6 Å². The van der Waals surface area contributed by atoms with Gasteiger partial charge in [-0.2, -0.15) is 0 Å². The second-order valence-electron chi connectivity index (χ2n) is 7.16. The highest BCUT2D eigenvalue weighted by Gasteiger charge is 2.62. The molecule has 0 aromatic carbocycles. The minimum absolute atomic E-state index is 0.306. The van der Waals surface area contributed by atoms with Crippen molar-refractivity contribution in [1.29, 1.82) is 0 Å². The van der Waals surface area contributed by atoms with Gasteiger partial charge in [0.15, 0.2) is 0 Å². The van der Waals surface area contributed by atoms with E-state index < -0.39 is 31.4 Å². The van der Waals surface area contributed by atoms with Gasteiger partial charge in [0, 0.05) is 26.6 Å². The van der Waals surface area contributed by atoms with Gasteiger partial charge in [0.2, 0.25) is 19.9 Å². The number of hydrogen-bond donors (Lipinski definition) is 0. The molecule has 0 aromatic rings. The summed E-state index contributed by atoms with van der Waals surface area (Å²) >= 11 is 0. The molecule has 24 heavy (non-hydrogen) atoms. The molecule has 2 atom stereocenters. The van der Waals surface area contributed by atoms with Crippen LogP contribution in [0.25, 0.3) is 0 Å². The molecule has 0 saturated carbocycles. The van der Waals surface area contributed by atoms with Crippen LogP contribution in [-0.4, -0.2) is 47.2 Å². The summed E-state index contributed by atoms with van der Waals surface area (Å²) in [6, 6.07) is 0. The first kappa shape index (κ1) is 18.9. The molecule has 2 aliphatic rings. The van der Waals surface area contributed by atoms with E-state index in [0.717, 1.165) is 5.76 Å². The first-order chi connectivity index (χ1) is 11.1. The van der Waals surface area contributed by atoms with E-state index in [1.807, 2.05) is 6.08 Å². The Labute approximate surface area is 143 Å². The van der Waals surface area contributed by atoms with Crippen LogP contribution in [0.3, 0.4) is 0 Å². The Hall–Kier alpha value is -1.44. The minimum Gasteiger partial charge on any atom is -0.548 e. The van der Waals surface area contributed by atoms with E-state index in [-0.39, 0.29) is 5.78 Å². The fraction of sp³-hybridized carbons (Fsp3) is 0.647. The van der Waals surface area contributed by atoms with E-state index in [2.05, 4.69) is 19.6 Å². The average molecular weight is 354 g/mol. The number of ketones is 1. The number of fused-ring (bicyclic) bond motifs is 1. The molecule has 0 aromatic heterocycles. The fourth-order valence-electron chi connectivity index (χ4n) is 3.64. The van der Waals surface area contributed by atoms with Gasteiger partial charge in [-0.05, 0) is 38.2 Å². The Morgan fingerprint density at radius 3 is 2.33 bits per heavy atom. The zero-order chi connectivity index (χ0) is 18.2. The minimum atomic E-state index is -1.82. The lowest BCUT2D eigenvalue weighted by molar-refractivity contribution is -0.246. The Balaban J connectivity index is 2.53. The van der Waals surface area contributed by atoms with Crippen LogP contribution in [0.15, 0.2) is 24.0 Å². The average Bonchev–Trinajstić information content (AvgIpc) is 2.53. The fourth-order valence-corrected chi connectivity index (χ4v) is 4.58. The highest BCUT2D eigenvalue weighted by atomic mass is 28.4. The number of carbonyl (C=O) groups is 2. The van der Waals surface area contributed by atoms with E-state index in [1.54, 1.807) is 6.08 Å². The van der Waals surface area contributed by atoms with Crippen molar-refractivity contribution in [3.8, 4) is 0 Å². The highest BCUT2D eigenvalue weighted by Crippen LogP contribution is 2.52. The molecule has 0 spiro atoms. The Kier molecular flexibility index (Phi) is 5.08. The summed E-state index contributed by atoms with van der Waals surface area (Å²) in [4.78, 5) is 25.2. The number of allylic oxidation sites excluding steroid dienone is 2. The predicted molar refractivity (Wildman–Crippen MR) is 90.6 cm³/mol. The molecule has 0 bridgehead atoms. The van der Waals surface area contributed by atoms with Crippen LogP contribution in [0.5, 0.6) is 0 Å².